The number of aromatic nitrogens is 3. The molecular formula is C24H28N4O3S2. The molecule has 1 saturated heterocycles. The molecule has 1 aliphatic heterocycles. The third-order valence-corrected chi connectivity index (χ3v) is 7.82. The summed E-state index contributed by atoms with van der Waals surface area (Å²) in [5.74, 6) is 2.00. The van der Waals surface area contributed by atoms with Crippen molar-refractivity contribution >= 4 is 29.0 Å². The van der Waals surface area contributed by atoms with Crippen molar-refractivity contribution in [3.8, 4) is 10.7 Å². The topological polar surface area (TPSA) is 73.4 Å². The monoisotopic (exact) mass is 484 g/mol. The van der Waals surface area contributed by atoms with Gasteiger partial charge in [0.1, 0.15) is 5.76 Å². The van der Waals surface area contributed by atoms with Crippen LogP contribution >= 0.6 is 23.1 Å². The number of thioether (sulfide) groups is 1. The molecule has 1 amide bonds. The van der Waals surface area contributed by atoms with E-state index >= 15 is 0 Å². The number of nitrogens with zero attached hydrogens (tertiary/aromatic N) is 4. The van der Waals surface area contributed by atoms with Crippen LogP contribution in [0.4, 0.5) is 0 Å². The van der Waals surface area contributed by atoms with Crippen LogP contribution in [0.2, 0.25) is 0 Å². The van der Waals surface area contributed by atoms with Crippen molar-refractivity contribution in [2.75, 3.05) is 12.4 Å². The molecule has 2 aliphatic rings. The highest BCUT2D eigenvalue weighted by Gasteiger charge is 2.25. The fourth-order valence-electron chi connectivity index (χ4n) is 4.32. The fourth-order valence-corrected chi connectivity index (χ4v) is 5.86. The van der Waals surface area contributed by atoms with E-state index < -0.39 is 0 Å². The molecule has 0 spiro atoms. The van der Waals surface area contributed by atoms with Crippen molar-refractivity contribution in [3.05, 3.63) is 53.4 Å². The predicted octanol–water partition coefficient (Wildman–Crippen LogP) is 5.36. The van der Waals surface area contributed by atoms with Gasteiger partial charge in [-0.05, 0) is 62.1 Å². The summed E-state index contributed by atoms with van der Waals surface area (Å²) >= 11 is 3.10. The number of rotatable bonds is 9. The standard InChI is InChI=1S/C24H28N4O3S2/c29-22(27(15-19-9-4-12-30-19)18-7-2-1-3-8-18)17-33-24-26-25-23(21-11-6-14-32-21)28(24)16-20-10-5-13-31-20/h4,6-7,9,11-12,14,20H,1-3,5,8,10,13,15-17H2. The van der Waals surface area contributed by atoms with Crippen LogP contribution in [-0.4, -0.2) is 44.0 Å². The maximum absolute atomic E-state index is 13.4. The first-order valence-corrected chi connectivity index (χ1v) is 13.4. The summed E-state index contributed by atoms with van der Waals surface area (Å²) < 4.78 is 13.5. The Morgan fingerprint density at radius 2 is 2.21 bits per heavy atom. The van der Waals surface area contributed by atoms with Gasteiger partial charge in [0.2, 0.25) is 5.91 Å². The SMILES string of the molecule is O=C(CSc1nnc(-c2cccs2)n1CC1CCCO1)N(Cc1ccco1)C1=CCCCC1. The molecule has 1 atom stereocenters. The van der Waals surface area contributed by atoms with Gasteiger partial charge >= 0.3 is 0 Å². The van der Waals surface area contributed by atoms with Crippen LogP contribution in [0.1, 0.15) is 44.3 Å². The summed E-state index contributed by atoms with van der Waals surface area (Å²) in [5, 5.41) is 11.7. The fraction of sp³-hybridized carbons (Fsp3) is 0.458. The highest BCUT2D eigenvalue weighted by atomic mass is 32.2. The van der Waals surface area contributed by atoms with Crippen LogP contribution in [0.3, 0.4) is 0 Å². The van der Waals surface area contributed by atoms with E-state index in [2.05, 4.69) is 26.9 Å². The number of hydrogen-bond donors (Lipinski definition) is 0. The molecule has 0 N–H and O–H groups in total. The van der Waals surface area contributed by atoms with Gasteiger partial charge in [0.25, 0.3) is 0 Å². The number of furan rings is 1. The minimum atomic E-state index is 0.0638. The molecule has 33 heavy (non-hydrogen) atoms. The lowest BCUT2D eigenvalue weighted by Crippen LogP contribution is -2.32. The van der Waals surface area contributed by atoms with Crippen molar-refractivity contribution in [2.45, 2.75) is 62.9 Å². The Labute approximate surface area is 201 Å². The molecule has 0 bridgehead atoms. The quantitative estimate of drug-likeness (QED) is 0.381. The molecule has 7 nitrogen and oxygen atoms in total. The number of carbonyl (C=O) groups excluding carboxylic acids is 1. The number of amides is 1. The van der Waals surface area contributed by atoms with E-state index in [1.165, 1.54) is 18.2 Å². The Kier molecular flexibility index (Phi) is 7.28. The van der Waals surface area contributed by atoms with Crippen molar-refractivity contribution in [3.63, 3.8) is 0 Å². The average molecular weight is 485 g/mol. The van der Waals surface area contributed by atoms with Gasteiger partial charge in [-0.3, -0.25) is 9.36 Å². The van der Waals surface area contributed by atoms with Crippen molar-refractivity contribution < 1.29 is 13.9 Å². The summed E-state index contributed by atoms with van der Waals surface area (Å²) in [6, 6.07) is 7.86. The van der Waals surface area contributed by atoms with Gasteiger partial charge in [-0.2, -0.15) is 0 Å². The minimum Gasteiger partial charge on any atom is -0.467 e. The molecule has 5 rings (SSSR count). The van der Waals surface area contributed by atoms with Gasteiger partial charge < -0.3 is 14.1 Å². The third kappa shape index (κ3) is 5.42. The van der Waals surface area contributed by atoms with Gasteiger partial charge in [-0.1, -0.05) is 23.9 Å². The Bertz CT molecular complexity index is 1070. The summed E-state index contributed by atoms with van der Waals surface area (Å²) in [5.41, 5.74) is 1.10. The van der Waals surface area contributed by atoms with Gasteiger partial charge in [-0.15, -0.1) is 21.5 Å². The Morgan fingerprint density at radius 3 is 2.94 bits per heavy atom. The summed E-state index contributed by atoms with van der Waals surface area (Å²) in [6.45, 7) is 1.97. The van der Waals surface area contributed by atoms with Crippen molar-refractivity contribution in [1.29, 1.82) is 0 Å². The number of hydrogen-bond acceptors (Lipinski definition) is 7. The van der Waals surface area contributed by atoms with Crippen LogP contribution < -0.4 is 0 Å². The molecule has 1 fully saturated rings. The summed E-state index contributed by atoms with van der Waals surface area (Å²) in [4.78, 5) is 16.3. The summed E-state index contributed by atoms with van der Waals surface area (Å²) in [7, 11) is 0. The van der Waals surface area contributed by atoms with Crippen molar-refractivity contribution in [1.82, 2.24) is 19.7 Å². The molecule has 1 aliphatic carbocycles. The molecule has 4 heterocycles. The van der Waals surface area contributed by atoms with E-state index in [0.717, 1.165) is 66.0 Å². The van der Waals surface area contributed by atoms with Gasteiger partial charge in [-0.25, -0.2) is 0 Å². The van der Waals surface area contributed by atoms with Crippen LogP contribution in [0, 0.1) is 0 Å². The largest absolute Gasteiger partial charge is 0.467 e. The van der Waals surface area contributed by atoms with E-state index in [-0.39, 0.29) is 12.0 Å². The highest BCUT2D eigenvalue weighted by Crippen LogP contribution is 2.30. The van der Waals surface area contributed by atoms with E-state index in [9.17, 15) is 4.79 Å². The highest BCUT2D eigenvalue weighted by molar-refractivity contribution is 7.99. The van der Waals surface area contributed by atoms with Crippen LogP contribution in [-0.2, 0) is 22.6 Å². The van der Waals surface area contributed by atoms with Crippen molar-refractivity contribution in [2.24, 2.45) is 0 Å². The minimum absolute atomic E-state index is 0.0638. The number of allylic oxidation sites excluding steroid dienone is 2. The second-order valence-electron chi connectivity index (χ2n) is 8.32. The lowest BCUT2D eigenvalue weighted by molar-refractivity contribution is -0.127. The third-order valence-electron chi connectivity index (χ3n) is 6.00. The molecule has 174 valence electrons. The zero-order chi connectivity index (χ0) is 22.5. The maximum atomic E-state index is 13.4. The maximum Gasteiger partial charge on any atom is 0.237 e. The van der Waals surface area contributed by atoms with E-state index in [1.54, 1.807) is 17.6 Å². The molecule has 1 unspecified atom stereocenters. The van der Waals surface area contributed by atoms with E-state index in [0.29, 0.717) is 18.8 Å². The number of carbonyl (C=O) groups is 1. The zero-order valence-electron chi connectivity index (χ0n) is 18.5. The number of thiophene rings is 1. The normalized spacial score (nSPS) is 18.4. The Balaban J connectivity index is 1.33. The lowest BCUT2D eigenvalue weighted by atomic mass is 10.0. The molecule has 3 aromatic heterocycles. The van der Waals surface area contributed by atoms with Crippen LogP contribution in [0.15, 0.2) is 57.3 Å². The first-order valence-electron chi connectivity index (χ1n) is 11.5. The molecule has 0 radical (unpaired) electrons. The number of ether oxygens (including phenoxy) is 1. The van der Waals surface area contributed by atoms with Crippen LogP contribution in [0.25, 0.3) is 10.7 Å². The zero-order valence-corrected chi connectivity index (χ0v) is 20.2. The first kappa shape index (κ1) is 22.4. The molecule has 0 saturated carbocycles. The van der Waals surface area contributed by atoms with E-state index in [1.807, 2.05) is 28.5 Å². The van der Waals surface area contributed by atoms with Gasteiger partial charge in [0.15, 0.2) is 11.0 Å². The second kappa shape index (κ2) is 10.7. The Hall–Kier alpha value is -2.36. The first-order chi connectivity index (χ1) is 16.3. The molecule has 0 aromatic carbocycles. The smallest absolute Gasteiger partial charge is 0.237 e. The molecular weight excluding hydrogens is 456 g/mol. The van der Waals surface area contributed by atoms with Crippen LogP contribution in [0.5, 0.6) is 0 Å². The average Bonchev–Trinajstić information content (AvgIpc) is 3.65. The molecule has 9 heteroatoms. The van der Waals surface area contributed by atoms with E-state index in [4.69, 9.17) is 9.15 Å². The summed E-state index contributed by atoms with van der Waals surface area (Å²) in [6.07, 6.45) is 10.4. The predicted molar refractivity (Wildman–Crippen MR) is 129 cm³/mol. The lowest BCUT2D eigenvalue weighted by Gasteiger charge is -2.27. The second-order valence-corrected chi connectivity index (χ2v) is 10.2. The van der Waals surface area contributed by atoms with Gasteiger partial charge in [0, 0.05) is 12.3 Å². The van der Waals surface area contributed by atoms with Gasteiger partial charge in [0.05, 0.1) is 36.1 Å². The molecule has 3 aromatic rings. The Morgan fingerprint density at radius 1 is 1.24 bits per heavy atom.